The van der Waals surface area contributed by atoms with Crippen molar-refractivity contribution in [3.8, 4) is 11.1 Å². The Morgan fingerprint density at radius 3 is 2.09 bits per heavy atom. The summed E-state index contributed by atoms with van der Waals surface area (Å²) < 4.78 is 27.6. The number of nitrogens with zero attached hydrogens (tertiary/aromatic N) is 1. The molecular weight excluding hydrogens is 474 g/mol. The second-order valence-electron chi connectivity index (χ2n) is 8.16. The third kappa shape index (κ3) is 5.99. The van der Waals surface area contributed by atoms with E-state index in [0.717, 1.165) is 65.5 Å². The molecule has 180 valence electrons. The van der Waals surface area contributed by atoms with Crippen LogP contribution in [0.1, 0.15) is 36.0 Å². The topological polar surface area (TPSA) is 99.5 Å². The number of fused-ring (bicyclic) bond motifs is 1. The first-order valence-corrected chi connectivity index (χ1v) is 11.8. The highest BCUT2D eigenvalue weighted by molar-refractivity contribution is 7.22. The molecule has 1 aliphatic rings. The fraction of sp³-hybridized carbons (Fsp3) is 0.192. The molecule has 0 radical (unpaired) electrons. The predicted octanol–water partition coefficient (Wildman–Crippen LogP) is 7.58. The van der Waals surface area contributed by atoms with Gasteiger partial charge >= 0.3 is 6.16 Å². The van der Waals surface area contributed by atoms with E-state index < -0.39 is 17.8 Å². The Bertz CT molecular complexity index is 1340. The first kappa shape index (κ1) is 24.3. The summed E-state index contributed by atoms with van der Waals surface area (Å²) in [7, 11) is 0. The summed E-state index contributed by atoms with van der Waals surface area (Å²) in [6, 6.07) is 17.7. The summed E-state index contributed by atoms with van der Waals surface area (Å²) in [5.74, 6) is -0.799. The first-order chi connectivity index (χ1) is 16.8. The largest absolute Gasteiger partial charge is 0.503 e. The Morgan fingerprint density at radius 2 is 1.49 bits per heavy atom. The van der Waals surface area contributed by atoms with E-state index in [-0.39, 0.29) is 11.7 Å². The maximum atomic E-state index is 13.9. The second kappa shape index (κ2) is 10.6. The van der Waals surface area contributed by atoms with Crippen molar-refractivity contribution in [3.05, 3.63) is 77.9 Å². The van der Waals surface area contributed by atoms with Gasteiger partial charge in [0, 0.05) is 29.3 Å². The van der Waals surface area contributed by atoms with Crippen molar-refractivity contribution in [1.82, 2.24) is 4.98 Å². The lowest BCUT2D eigenvalue weighted by Gasteiger charge is -2.09. The summed E-state index contributed by atoms with van der Waals surface area (Å²) in [4.78, 5) is 25.4. The molecule has 0 atom stereocenters. The number of Topliss-reactive ketones (excluding diaryl/α,β-unsaturated/α-hetero) is 1. The molecule has 0 spiro atoms. The van der Waals surface area contributed by atoms with Gasteiger partial charge < -0.3 is 15.5 Å². The zero-order valence-corrected chi connectivity index (χ0v) is 19.3. The Morgan fingerprint density at radius 1 is 0.914 bits per heavy atom. The van der Waals surface area contributed by atoms with Gasteiger partial charge in [-0.2, -0.15) is 0 Å². The standard InChI is InChI=1S/C25H20F2N2OS.CH2O3/c26-19-13-21(27)24-22(14-19)29-25(31-24)28-20-11-9-16(10-12-20)15-5-7-18(8-6-15)23(30)17-3-1-2-4-17;2-1(3)4/h5-14,17H,1-4H2,(H,28,29);(H2,2,3,4). The zero-order chi connectivity index (χ0) is 24.9. The highest BCUT2D eigenvalue weighted by Crippen LogP contribution is 2.32. The second-order valence-corrected chi connectivity index (χ2v) is 9.16. The number of rotatable bonds is 5. The lowest BCUT2D eigenvalue weighted by Crippen LogP contribution is -2.10. The van der Waals surface area contributed by atoms with Crippen LogP contribution in [0.15, 0.2) is 60.7 Å². The Kier molecular flexibility index (Phi) is 7.36. The number of carbonyl (C=O) groups is 2. The van der Waals surface area contributed by atoms with E-state index in [9.17, 15) is 13.6 Å². The van der Waals surface area contributed by atoms with Crippen LogP contribution in [0.2, 0.25) is 0 Å². The number of anilines is 2. The number of aromatic nitrogens is 1. The van der Waals surface area contributed by atoms with Crippen LogP contribution in [0, 0.1) is 17.6 Å². The van der Waals surface area contributed by atoms with Gasteiger partial charge in [-0.25, -0.2) is 18.6 Å². The van der Waals surface area contributed by atoms with Crippen molar-refractivity contribution in [3.63, 3.8) is 0 Å². The quantitative estimate of drug-likeness (QED) is 0.246. The van der Waals surface area contributed by atoms with E-state index in [4.69, 9.17) is 15.0 Å². The Labute approximate surface area is 203 Å². The van der Waals surface area contributed by atoms with Crippen LogP contribution >= 0.6 is 11.3 Å². The Balaban J connectivity index is 0.000000672. The van der Waals surface area contributed by atoms with Gasteiger partial charge in [-0.15, -0.1) is 0 Å². The molecule has 1 aromatic heterocycles. The van der Waals surface area contributed by atoms with Gasteiger partial charge in [-0.05, 0) is 36.1 Å². The molecule has 9 heteroatoms. The van der Waals surface area contributed by atoms with Crippen molar-refractivity contribution >= 4 is 44.3 Å². The lowest BCUT2D eigenvalue weighted by molar-refractivity contribution is 0.0922. The molecule has 5 rings (SSSR count). The minimum absolute atomic E-state index is 0.184. The van der Waals surface area contributed by atoms with Crippen LogP contribution in [0.3, 0.4) is 0 Å². The molecule has 3 N–H and O–H groups in total. The van der Waals surface area contributed by atoms with Crippen LogP contribution in [0.4, 0.5) is 24.4 Å². The molecule has 3 aromatic carbocycles. The number of thiazole rings is 1. The molecule has 1 heterocycles. The average molecular weight is 497 g/mol. The maximum absolute atomic E-state index is 13.9. The first-order valence-electron chi connectivity index (χ1n) is 11.0. The number of ketones is 1. The molecule has 0 bridgehead atoms. The van der Waals surface area contributed by atoms with Crippen LogP contribution in [-0.4, -0.2) is 27.1 Å². The number of hydrogen-bond acceptors (Lipinski definition) is 5. The third-order valence-electron chi connectivity index (χ3n) is 5.77. The van der Waals surface area contributed by atoms with Crippen LogP contribution in [0.5, 0.6) is 0 Å². The number of carbonyl (C=O) groups excluding carboxylic acids is 1. The lowest BCUT2D eigenvalue weighted by atomic mass is 9.94. The molecule has 1 saturated carbocycles. The van der Waals surface area contributed by atoms with E-state index in [1.807, 2.05) is 48.5 Å². The van der Waals surface area contributed by atoms with E-state index in [0.29, 0.717) is 15.3 Å². The molecule has 6 nitrogen and oxygen atoms in total. The normalized spacial score (nSPS) is 13.3. The van der Waals surface area contributed by atoms with Gasteiger partial charge in [-0.3, -0.25) is 4.79 Å². The maximum Gasteiger partial charge on any atom is 0.503 e. The molecule has 0 aliphatic heterocycles. The van der Waals surface area contributed by atoms with Crippen LogP contribution < -0.4 is 5.32 Å². The zero-order valence-electron chi connectivity index (χ0n) is 18.5. The van der Waals surface area contributed by atoms with Gasteiger partial charge in [0.05, 0.1) is 10.2 Å². The molecule has 1 fully saturated rings. The van der Waals surface area contributed by atoms with Crippen LogP contribution in [0.25, 0.3) is 21.3 Å². The van der Waals surface area contributed by atoms with E-state index >= 15 is 0 Å². The van der Waals surface area contributed by atoms with Gasteiger partial charge in [-0.1, -0.05) is 60.6 Å². The summed E-state index contributed by atoms with van der Waals surface area (Å²) in [6.45, 7) is 0. The van der Waals surface area contributed by atoms with Crippen molar-refractivity contribution < 1.29 is 28.6 Å². The minimum Gasteiger partial charge on any atom is -0.450 e. The Hall–Kier alpha value is -3.85. The number of nitrogens with one attached hydrogen (secondary N) is 1. The molecule has 0 saturated heterocycles. The molecule has 4 aromatic rings. The van der Waals surface area contributed by atoms with Gasteiger partial charge in [0.2, 0.25) is 0 Å². The SMILES string of the molecule is O=C(O)O.O=C(c1ccc(-c2ccc(Nc3nc4cc(F)cc(F)c4s3)cc2)cc1)C1CCCC1. The van der Waals surface area contributed by atoms with Crippen molar-refractivity contribution in [2.45, 2.75) is 25.7 Å². The smallest absolute Gasteiger partial charge is 0.450 e. The van der Waals surface area contributed by atoms with Gasteiger partial charge in [0.1, 0.15) is 11.6 Å². The summed E-state index contributed by atoms with van der Waals surface area (Å²) in [5.41, 5.74) is 3.95. The molecule has 1 aliphatic carbocycles. The summed E-state index contributed by atoms with van der Waals surface area (Å²) >= 11 is 1.15. The number of benzene rings is 3. The highest BCUT2D eigenvalue weighted by Gasteiger charge is 2.23. The summed E-state index contributed by atoms with van der Waals surface area (Å²) in [5, 5.41) is 17.6. The van der Waals surface area contributed by atoms with Crippen molar-refractivity contribution in [2.75, 3.05) is 5.32 Å². The van der Waals surface area contributed by atoms with Crippen molar-refractivity contribution in [2.24, 2.45) is 5.92 Å². The fourth-order valence-corrected chi connectivity index (χ4v) is 5.01. The molecule has 35 heavy (non-hydrogen) atoms. The van der Waals surface area contributed by atoms with Crippen molar-refractivity contribution in [1.29, 1.82) is 0 Å². The molecule has 0 unspecified atom stereocenters. The number of halogens is 2. The predicted molar refractivity (Wildman–Crippen MR) is 132 cm³/mol. The van der Waals surface area contributed by atoms with E-state index in [1.54, 1.807) is 0 Å². The number of carboxylic acid groups (broad SMARTS) is 2. The molecular formula is C26H22F2N2O4S. The third-order valence-corrected chi connectivity index (χ3v) is 6.77. The highest BCUT2D eigenvalue weighted by atomic mass is 32.1. The van der Waals surface area contributed by atoms with Crippen LogP contribution in [-0.2, 0) is 0 Å². The van der Waals surface area contributed by atoms with E-state index in [1.165, 1.54) is 6.07 Å². The molecule has 0 amide bonds. The monoisotopic (exact) mass is 496 g/mol. The van der Waals surface area contributed by atoms with Gasteiger partial charge in [0.15, 0.2) is 10.9 Å². The fourth-order valence-electron chi connectivity index (χ4n) is 4.13. The minimum atomic E-state index is -1.83. The van der Waals surface area contributed by atoms with Gasteiger partial charge in [0.25, 0.3) is 0 Å². The number of hydrogen-bond donors (Lipinski definition) is 3. The summed E-state index contributed by atoms with van der Waals surface area (Å²) in [6.07, 6.45) is 2.48. The average Bonchev–Trinajstić information content (AvgIpc) is 3.49. The van der Waals surface area contributed by atoms with E-state index in [2.05, 4.69) is 10.3 Å².